The number of carbonyl (C=O) groups excluding carboxylic acids is 1. The van der Waals surface area contributed by atoms with Gasteiger partial charge >= 0.3 is 0 Å². The topological polar surface area (TPSA) is 108 Å². The lowest BCUT2D eigenvalue weighted by atomic mass is 10.0. The predicted octanol–water partition coefficient (Wildman–Crippen LogP) is 4.03. The molecule has 1 amide bonds. The van der Waals surface area contributed by atoms with Crippen LogP contribution in [-0.2, 0) is 11.3 Å². The van der Waals surface area contributed by atoms with Crippen LogP contribution in [-0.4, -0.2) is 67.4 Å². The van der Waals surface area contributed by atoms with Gasteiger partial charge < -0.3 is 15.3 Å². The number of amides is 1. The van der Waals surface area contributed by atoms with E-state index in [2.05, 4.69) is 43.0 Å². The molecule has 2 N–H and O–H groups in total. The molecule has 0 radical (unpaired) electrons. The van der Waals surface area contributed by atoms with E-state index in [4.69, 9.17) is 4.98 Å². The zero-order valence-electron chi connectivity index (χ0n) is 20.4. The van der Waals surface area contributed by atoms with Gasteiger partial charge in [-0.1, -0.05) is 0 Å². The minimum Gasteiger partial charge on any atom is -0.393 e. The molecule has 11 heteroatoms. The number of nitrogens with one attached hydrogen (secondary N) is 1. The van der Waals surface area contributed by atoms with E-state index < -0.39 is 6.10 Å². The number of hydrogen-bond donors (Lipinski definition) is 2. The maximum atomic E-state index is 13.8. The van der Waals surface area contributed by atoms with Gasteiger partial charge in [-0.15, -0.1) is 0 Å². The zero-order valence-corrected chi connectivity index (χ0v) is 21.9. The van der Waals surface area contributed by atoms with Gasteiger partial charge in [0.25, 0.3) is 0 Å². The molecule has 37 heavy (non-hydrogen) atoms. The molecule has 0 spiro atoms. The smallest absolute Gasteiger partial charge is 0.225 e. The molecule has 5 rings (SSSR count). The van der Waals surface area contributed by atoms with Gasteiger partial charge in [-0.3, -0.25) is 9.78 Å². The van der Waals surface area contributed by atoms with Gasteiger partial charge in [-0.2, -0.15) is 9.61 Å². The van der Waals surface area contributed by atoms with Gasteiger partial charge in [0, 0.05) is 48.4 Å². The SMILES string of the molecule is C=Nc1c(Br)c(CNC2CCN(C(=O)C[C@@H](C)O)CC2)nc2c(-c3cnc4ccc(F)cc4c3)cnn12. The van der Waals surface area contributed by atoms with Gasteiger partial charge in [0.2, 0.25) is 5.91 Å². The van der Waals surface area contributed by atoms with E-state index in [9.17, 15) is 14.3 Å². The average molecular weight is 568 g/mol. The first-order chi connectivity index (χ1) is 17.8. The largest absolute Gasteiger partial charge is 0.393 e. The fourth-order valence-electron chi connectivity index (χ4n) is 4.67. The summed E-state index contributed by atoms with van der Waals surface area (Å²) in [5.41, 5.74) is 3.57. The molecule has 0 unspecified atom stereocenters. The predicted molar refractivity (Wildman–Crippen MR) is 143 cm³/mol. The van der Waals surface area contributed by atoms with E-state index in [1.807, 2.05) is 11.0 Å². The van der Waals surface area contributed by atoms with Crippen LogP contribution in [0.3, 0.4) is 0 Å². The summed E-state index contributed by atoms with van der Waals surface area (Å²) in [5.74, 6) is 0.202. The highest BCUT2D eigenvalue weighted by atomic mass is 79.9. The Morgan fingerprint density at radius 2 is 2.11 bits per heavy atom. The van der Waals surface area contributed by atoms with Crippen LogP contribution in [0.4, 0.5) is 10.2 Å². The number of hydrogen-bond acceptors (Lipinski definition) is 7. The Balaban J connectivity index is 1.38. The molecule has 192 valence electrons. The fourth-order valence-corrected chi connectivity index (χ4v) is 5.19. The molecule has 1 aliphatic heterocycles. The summed E-state index contributed by atoms with van der Waals surface area (Å²) >= 11 is 3.62. The van der Waals surface area contributed by atoms with Gasteiger partial charge in [-0.25, -0.2) is 14.4 Å². The van der Waals surface area contributed by atoms with Crippen LogP contribution in [0, 0.1) is 5.82 Å². The van der Waals surface area contributed by atoms with Crippen molar-refractivity contribution in [3.8, 4) is 11.1 Å². The molecule has 1 aromatic carbocycles. The molecule has 4 heterocycles. The van der Waals surface area contributed by atoms with Crippen LogP contribution >= 0.6 is 15.9 Å². The Kier molecular flexibility index (Phi) is 7.27. The Morgan fingerprint density at radius 3 is 2.84 bits per heavy atom. The second-order valence-corrected chi connectivity index (χ2v) is 10.1. The van der Waals surface area contributed by atoms with Crippen LogP contribution in [0.2, 0.25) is 0 Å². The molecule has 1 fully saturated rings. The molecule has 1 saturated heterocycles. The van der Waals surface area contributed by atoms with Gasteiger partial charge in [-0.05, 0) is 66.7 Å². The summed E-state index contributed by atoms with van der Waals surface area (Å²) in [7, 11) is 0. The van der Waals surface area contributed by atoms with Gasteiger partial charge in [0.05, 0.1) is 34.4 Å². The quantitative estimate of drug-likeness (QED) is 0.326. The standard InChI is InChI=1S/C26H27BrFN7O2/c1-15(36)9-23(37)34-7-5-19(6-8-34)30-14-22-24(27)26(29-2)35-25(33-22)20(13-32-35)17-10-16-11-18(28)3-4-21(16)31-12-17/h3-4,10-13,15,19,30,36H,2,5-9,14H2,1H3/t15-/m1/s1. The Labute approximate surface area is 221 Å². The Hall–Kier alpha value is -3.28. The second kappa shape index (κ2) is 10.6. The molecule has 1 aliphatic rings. The van der Waals surface area contributed by atoms with E-state index in [1.54, 1.807) is 29.9 Å². The first-order valence-corrected chi connectivity index (χ1v) is 12.9. The summed E-state index contributed by atoms with van der Waals surface area (Å²) in [6, 6.07) is 6.60. The minimum atomic E-state index is -0.630. The number of pyridine rings is 1. The van der Waals surface area contributed by atoms with E-state index in [0.717, 1.165) is 29.7 Å². The zero-order chi connectivity index (χ0) is 26.1. The molecular weight excluding hydrogens is 541 g/mol. The van der Waals surface area contributed by atoms with Crippen LogP contribution in [0.25, 0.3) is 27.7 Å². The monoisotopic (exact) mass is 567 g/mol. The number of likely N-dealkylation sites (tertiary alicyclic amines) is 1. The number of carbonyl (C=O) groups is 1. The first kappa shape index (κ1) is 25.4. The van der Waals surface area contributed by atoms with Crippen molar-refractivity contribution in [2.75, 3.05) is 13.1 Å². The number of rotatable bonds is 7. The Bertz CT molecular complexity index is 1480. The van der Waals surface area contributed by atoms with E-state index in [1.165, 1.54) is 12.1 Å². The highest BCUT2D eigenvalue weighted by Gasteiger charge is 2.24. The number of aliphatic imine (C=N–C) groups is 1. The molecule has 3 aromatic heterocycles. The van der Waals surface area contributed by atoms with Crippen LogP contribution in [0.15, 0.2) is 46.1 Å². The minimum absolute atomic E-state index is 0.0100. The van der Waals surface area contributed by atoms with Crippen molar-refractivity contribution >= 4 is 50.9 Å². The summed E-state index contributed by atoms with van der Waals surface area (Å²) in [6.45, 7) is 7.13. The molecule has 0 bridgehead atoms. The maximum Gasteiger partial charge on any atom is 0.225 e. The van der Waals surface area contributed by atoms with Crippen molar-refractivity contribution < 1.29 is 14.3 Å². The number of aromatic nitrogens is 4. The van der Waals surface area contributed by atoms with E-state index in [-0.39, 0.29) is 24.2 Å². The summed E-state index contributed by atoms with van der Waals surface area (Å²) < 4.78 is 16.1. The molecular formula is C26H27BrFN7O2. The number of halogens is 2. The summed E-state index contributed by atoms with van der Waals surface area (Å²) in [6.07, 6.45) is 4.58. The first-order valence-electron chi connectivity index (χ1n) is 12.1. The lowest BCUT2D eigenvalue weighted by molar-refractivity contribution is -0.134. The van der Waals surface area contributed by atoms with Crippen molar-refractivity contribution in [2.45, 2.75) is 44.9 Å². The van der Waals surface area contributed by atoms with Crippen molar-refractivity contribution in [1.29, 1.82) is 0 Å². The van der Waals surface area contributed by atoms with E-state index >= 15 is 0 Å². The number of aliphatic hydroxyl groups excluding tert-OH is 1. The molecule has 9 nitrogen and oxygen atoms in total. The third-order valence-corrected chi connectivity index (χ3v) is 7.43. The van der Waals surface area contributed by atoms with Crippen LogP contribution in [0.1, 0.15) is 31.9 Å². The molecule has 1 atom stereocenters. The molecule has 0 aliphatic carbocycles. The number of nitrogens with zero attached hydrogens (tertiary/aromatic N) is 6. The molecule has 4 aromatic rings. The maximum absolute atomic E-state index is 13.8. The van der Waals surface area contributed by atoms with Gasteiger partial charge in [0.1, 0.15) is 5.82 Å². The average Bonchev–Trinajstić information content (AvgIpc) is 3.30. The number of fused-ring (bicyclic) bond motifs is 2. The van der Waals surface area contributed by atoms with Crippen molar-refractivity contribution in [2.24, 2.45) is 4.99 Å². The van der Waals surface area contributed by atoms with Gasteiger partial charge in [0.15, 0.2) is 11.5 Å². The summed E-state index contributed by atoms with van der Waals surface area (Å²) in [5, 5.41) is 18.2. The highest BCUT2D eigenvalue weighted by Crippen LogP contribution is 2.33. The third kappa shape index (κ3) is 5.25. The van der Waals surface area contributed by atoms with Crippen LogP contribution < -0.4 is 5.32 Å². The molecule has 0 saturated carbocycles. The summed E-state index contributed by atoms with van der Waals surface area (Å²) in [4.78, 5) is 27.6. The fraction of sp³-hybridized carbons (Fsp3) is 0.346. The van der Waals surface area contributed by atoms with E-state index in [0.29, 0.717) is 46.5 Å². The van der Waals surface area contributed by atoms with Crippen molar-refractivity contribution in [3.05, 3.63) is 52.6 Å². The second-order valence-electron chi connectivity index (χ2n) is 9.30. The Morgan fingerprint density at radius 1 is 1.32 bits per heavy atom. The number of piperidine rings is 1. The third-order valence-electron chi connectivity index (χ3n) is 6.61. The lowest BCUT2D eigenvalue weighted by Crippen LogP contribution is -2.45. The lowest BCUT2D eigenvalue weighted by Gasteiger charge is -2.33. The number of benzene rings is 1. The van der Waals surface area contributed by atoms with Crippen molar-refractivity contribution in [1.82, 2.24) is 29.8 Å². The number of aliphatic hydroxyl groups is 1. The highest BCUT2D eigenvalue weighted by molar-refractivity contribution is 9.10. The normalized spacial score (nSPS) is 15.4. The van der Waals surface area contributed by atoms with Crippen LogP contribution in [0.5, 0.6) is 0 Å². The van der Waals surface area contributed by atoms with Crippen molar-refractivity contribution in [3.63, 3.8) is 0 Å².